The minimum absolute atomic E-state index is 0.0247. The van der Waals surface area contributed by atoms with Crippen LogP contribution in [-0.4, -0.2) is 19.4 Å². The van der Waals surface area contributed by atoms with Crippen LogP contribution in [-0.2, 0) is 9.63 Å². The lowest BCUT2D eigenvalue weighted by atomic mass is 10.2. The molecule has 0 saturated heterocycles. The average Bonchev–Trinajstić information content (AvgIpc) is 1.88. The van der Waals surface area contributed by atoms with Gasteiger partial charge >= 0.3 is 0 Å². The fraction of sp³-hybridized carbons (Fsp3) is 0.667. The Morgan fingerprint density at radius 1 is 1.70 bits per heavy atom. The van der Waals surface area contributed by atoms with Gasteiger partial charge in [-0.15, -0.1) is 0 Å². The number of hydrogen-bond acceptors (Lipinski definition) is 3. The molecule has 4 nitrogen and oxygen atoms in total. The molecule has 0 rings (SSSR count). The fourth-order valence-corrected chi connectivity index (χ4v) is 0.309. The Bertz CT molecular complexity index is 132. The van der Waals surface area contributed by atoms with Crippen molar-refractivity contribution in [1.29, 1.82) is 0 Å². The molecule has 0 radical (unpaired) electrons. The quantitative estimate of drug-likeness (QED) is 0.353. The number of amides is 1. The maximum Gasteiger partial charge on any atom is 0.227 e. The van der Waals surface area contributed by atoms with Crippen molar-refractivity contribution in [3.05, 3.63) is 0 Å². The largest absolute Gasteiger partial charge is 0.398 e. The first kappa shape index (κ1) is 8.94. The molecule has 1 N–H and O–H groups in total. The molecule has 0 atom stereocenters. The molecule has 0 saturated carbocycles. The van der Waals surface area contributed by atoms with Crippen LogP contribution in [0.5, 0.6) is 0 Å². The molecule has 4 heteroatoms. The Morgan fingerprint density at radius 3 is 2.70 bits per heavy atom. The molecule has 0 aliphatic carbocycles. The van der Waals surface area contributed by atoms with E-state index >= 15 is 0 Å². The van der Waals surface area contributed by atoms with Gasteiger partial charge in [-0.05, 0) is 0 Å². The molecular weight excluding hydrogens is 132 g/mol. The van der Waals surface area contributed by atoms with Gasteiger partial charge in [0.05, 0.1) is 0 Å². The third-order valence-corrected chi connectivity index (χ3v) is 0.889. The molecule has 0 aromatic carbocycles. The molecule has 0 unspecified atom stereocenters. The summed E-state index contributed by atoms with van der Waals surface area (Å²) in [4.78, 5) is 15.1. The summed E-state index contributed by atoms with van der Waals surface area (Å²) in [6, 6.07) is 0. The van der Waals surface area contributed by atoms with Gasteiger partial charge in [0.25, 0.3) is 0 Å². The standard InChI is InChI=1S/C6H12N2O2/c1-5(2)6(9)7-4-8-10-3/h4-5H,1-3H3,(H,7,8,9). The maximum atomic E-state index is 10.8. The number of hydrogen-bond donors (Lipinski definition) is 1. The molecule has 10 heavy (non-hydrogen) atoms. The van der Waals surface area contributed by atoms with Crippen LogP contribution in [0.1, 0.15) is 13.8 Å². The van der Waals surface area contributed by atoms with Crippen LogP contribution in [0.2, 0.25) is 0 Å². The Morgan fingerprint density at radius 2 is 2.30 bits per heavy atom. The topological polar surface area (TPSA) is 50.7 Å². The molecule has 0 aliphatic heterocycles. The summed E-state index contributed by atoms with van der Waals surface area (Å²) in [5, 5.41) is 5.76. The highest BCUT2D eigenvalue weighted by Gasteiger charge is 2.02. The van der Waals surface area contributed by atoms with Gasteiger partial charge in [0.15, 0.2) is 0 Å². The molecule has 0 spiro atoms. The lowest BCUT2D eigenvalue weighted by Gasteiger charge is -1.99. The summed E-state index contributed by atoms with van der Waals surface area (Å²) < 4.78 is 0. The predicted octanol–water partition coefficient (Wildman–Crippen LogP) is 0.348. The zero-order valence-corrected chi connectivity index (χ0v) is 6.42. The van der Waals surface area contributed by atoms with E-state index in [2.05, 4.69) is 15.3 Å². The van der Waals surface area contributed by atoms with E-state index in [1.165, 1.54) is 13.4 Å². The van der Waals surface area contributed by atoms with Crippen molar-refractivity contribution in [2.75, 3.05) is 7.11 Å². The van der Waals surface area contributed by atoms with Crippen LogP contribution in [0, 0.1) is 5.92 Å². The highest BCUT2D eigenvalue weighted by molar-refractivity contribution is 5.88. The van der Waals surface area contributed by atoms with Gasteiger partial charge in [0, 0.05) is 5.92 Å². The predicted molar refractivity (Wildman–Crippen MR) is 38.5 cm³/mol. The van der Waals surface area contributed by atoms with E-state index < -0.39 is 0 Å². The monoisotopic (exact) mass is 144 g/mol. The Balaban J connectivity index is 3.49. The van der Waals surface area contributed by atoms with Crippen molar-refractivity contribution in [2.24, 2.45) is 11.1 Å². The third kappa shape index (κ3) is 3.88. The first-order valence-electron chi connectivity index (χ1n) is 3.04. The van der Waals surface area contributed by atoms with E-state index in [0.29, 0.717) is 0 Å². The van der Waals surface area contributed by atoms with E-state index in [-0.39, 0.29) is 11.8 Å². The molecule has 0 fully saturated rings. The molecule has 0 aromatic heterocycles. The molecule has 0 heterocycles. The van der Waals surface area contributed by atoms with Crippen molar-refractivity contribution in [3.63, 3.8) is 0 Å². The maximum absolute atomic E-state index is 10.8. The van der Waals surface area contributed by atoms with Gasteiger partial charge in [-0.25, -0.2) is 0 Å². The van der Waals surface area contributed by atoms with Crippen molar-refractivity contribution in [1.82, 2.24) is 5.32 Å². The second kappa shape index (κ2) is 4.78. The highest BCUT2D eigenvalue weighted by atomic mass is 16.6. The number of nitrogens with zero attached hydrogens (tertiary/aromatic N) is 1. The zero-order chi connectivity index (χ0) is 7.98. The number of carbonyl (C=O) groups excluding carboxylic acids is 1. The van der Waals surface area contributed by atoms with Crippen LogP contribution in [0.4, 0.5) is 0 Å². The van der Waals surface area contributed by atoms with E-state index in [1.54, 1.807) is 13.8 Å². The minimum Gasteiger partial charge on any atom is -0.398 e. The van der Waals surface area contributed by atoms with Gasteiger partial charge in [-0.2, -0.15) is 0 Å². The summed E-state index contributed by atoms with van der Waals surface area (Å²) in [5.74, 6) is -0.0934. The molecule has 58 valence electrons. The summed E-state index contributed by atoms with van der Waals surface area (Å²) in [7, 11) is 1.41. The van der Waals surface area contributed by atoms with Crippen molar-refractivity contribution >= 4 is 12.2 Å². The van der Waals surface area contributed by atoms with E-state index in [1.807, 2.05) is 0 Å². The van der Waals surface area contributed by atoms with Gasteiger partial charge in [-0.3, -0.25) is 4.79 Å². The molecule has 1 amide bonds. The van der Waals surface area contributed by atoms with Gasteiger partial charge in [0.1, 0.15) is 13.4 Å². The van der Waals surface area contributed by atoms with Crippen molar-refractivity contribution in [3.8, 4) is 0 Å². The Kier molecular flexibility index (Phi) is 4.28. The summed E-state index contributed by atoms with van der Waals surface area (Å²) in [6.45, 7) is 3.60. The zero-order valence-electron chi connectivity index (χ0n) is 6.42. The summed E-state index contributed by atoms with van der Waals surface area (Å²) >= 11 is 0. The normalized spacial score (nSPS) is 10.4. The summed E-state index contributed by atoms with van der Waals surface area (Å²) in [5.41, 5.74) is 0. The van der Waals surface area contributed by atoms with Crippen LogP contribution < -0.4 is 5.32 Å². The fourth-order valence-electron chi connectivity index (χ4n) is 0.309. The Labute approximate surface area is 60.2 Å². The van der Waals surface area contributed by atoms with Crippen molar-refractivity contribution in [2.45, 2.75) is 13.8 Å². The minimum atomic E-state index is -0.0687. The van der Waals surface area contributed by atoms with E-state index in [9.17, 15) is 4.79 Å². The summed E-state index contributed by atoms with van der Waals surface area (Å²) in [6.07, 6.45) is 1.22. The third-order valence-electron chi connectivity index (χ3n) is 0.889. The first-order valence-corrected chi connectivity index (χ1v) is 3.04. The lowest BCUT2D eigenvalue weighted by molar-refractivity contribution is -0.122. The average molecular weight is 144 g/mol. The first-order chi connectivity index (χ1) is 4.68. The van der Waals surface area contributed by atoms with Gasteiger partial charge < -0.3 is 10.2 Å². The second-order valence-electron chi connectivity index (χ2n) is 2.08. The van der Waals surface area contributed by atoms with Crippen LogP contribution in [0.3, 0.4) is 0 Å². The second-order valence-corrected chi connectivity index (χ2v) is 2.08. The van der Waals surface area contributed by atoms with Crippen LogP contribution >= 0.6 is 0 Å². The van der Waals surface area contributed by atoms with Crippen LogP contribution in [0.25, 0.3) is 0 Å². The number of nitrogens with one attached hydrogen (secondary N) is 1. The number of oxime groups is 1. The smallest absolute Gasteiger partial charge is 0.227 e. The van der Waals surface area contributed by atoms with E-state index in [4.69, 9.17) is 0 Å². The number of carbonyl (C=O) groups is 1. The molecule has 0 aliphatic rings. The molecule has 0 bridgehead atoms. The van der Waals surface area contributed by atoms with Crippen LogP contribution in [0.15, 0.2) is 5.16 Å². The van der Waals surface area contributed by atoms with Gasteiger partial charge in [0.2, 0.25) is 5.91 Å². The van der Waals surface area contributed by atoms with Gasteiger partial charge in [-0.1, -0.05) is 19.0 Å². The lowest BCUT2D eigenvalue weighted by Crippen LogP contribution is -2.26. The highest BCUT2D eigenvalue weighted by Crippen LogP contribution is 1.88. The Hall–Kier alpha value is -1.06. The van der Waals surface area contributed by atoms with Crippen molar-refractivity contribution < 1.29 is 9.63 Å². The molecule has 0 aromatic rings. The van der Waals surface area contributed by atoms with E-state index in [0.717, 1.165) is 0 Å². The number of rotatable bonds is 3. The molecular formula is C6H12N2O2. The SMILES string of the molecule is CO/N=C/NC(=O)C(C)C.